The molecular formula is C13H17F2NO2. The van der Waals surface area contributed by atoms with E-state index in [2.05, 4.69) is 17.0 Å². The minimum absolute atomic E-state index is 0.176. The normalized spacial score (nSPS) is 24.0. The van der Waals surface area contributed by atoms with Crippen LogP contribution in [-0.4, -0.2) is 25.9 Å². The van der Waals surface area contributed by atoms with E-state index in [-0.39, 0.29) is 5.75 Å². The first-order valence-corrected chi connectivity index (χ1v) is 6.04. The standard InChI is InChI=1S/C13H17F2NO2/c1-9-8-17-7-6-12(9)16-10-2-4-11(5-3-10)18-13(14)15/h2-5,9,12-13,16H,6-8H2,1H3. The quantitative estimate of drug-likeness (QED) is 0.899. The Balaban J connectivity index is 1.93. The minimum atomic E-state index is -2.78. The third-order valence-corrected chi connectivity index (χ3v) is 3.07. The molecular weight excluding hydrogens is 240 g/mol. The van der Waals surface area contributed by atoms with Crippen LogP contribution in [0.1, 0.15) is 13.3 Å². The molecule has 1 aliphatic rings. The fourth-order valence-corrected chi connectivity index (χ4v) is 2.04. The predicted molar refractivity (Wildman–Crippen MR) is 65.1 cm³/mol. The van der Waals surface area contributed by atoms with Crippen LogP contribution in [0, 0.1) is 5.92 Å². The Kier molecular flexibility index (Phi) is 4.36. The molecule has 2 unspecified atom stereocenters. The van der Waals surface area contributed by atoms with E-state index in [1.54, 1.807) is 24.3 Å². The van der Waals surface area contributed by atoms with Crippen LogP contribution in [-0.2, 0) is 4.74 Å². The van der Waals surface area contributed by atoms with Gasteiger partial charge in [0.1, 0.15) is 5.75 Å². The number of hydrogen-bond acceptors (Lipinski definition) is 3. The van der Waals surface area contributed by atoms with E-state index >= 15 is 0 Å². The average molecular weight is 257 g/mol. The van der Waals surface area contributed by atoms with Crippen LogP contribution in [0.4, 0.5) is 14.5 Å². The molecule has 1 fully saturated rings. The van der Waals surface area contributed by atoms with Gasteiger partial charge in [0.25, 0.3) is 0 Å². The van der Waals surface area contributed by atoms with Crippen LogP contribution in [0.5, 0.6) is 5.75 Å². The number of ether oxygens (including phenoxy) is 2. The second-order valence-corrected chi connectivity index (χ2v) is 4.49. The van der Waals surface area contributed by atoms with E-state index in [4.69, 9.17) is 4.74 Å². The van der Waals surface area contributed by atoms with Crippen LogP contribution in [0.3, 0.4) is 0 Å². The SMILES string of the molecule is CC1COCCC1Nc1ccc(OC(F)F)cc1. The van der Waals surface area contributed by atoms with Gasteiger partial charge in [0.05, 0.1) is 6.61 Å². The van der Waals surface area contributed by atoms with Gasteiger partial charge in [-0.05, 0) is 36.6 Å². The van der Waals surface area contributed by atoms with Crippen LogP contribution in [0.25, 0.3) is 0 Å². The molecule has 2 atom stereocenters. The fourth-order valence-electron chi connectivity index (χ4n) is 2.04. The Morgan fingerprint density at radius 3 is 2.67 bits per heavy atom. The van der Waals surface area contributed by atoms with Gasteiger partial charge in [0.15, 0.2) is 0 Å². The molecule has 0 radical (unpaired) electrons. The largest absolute Gasteiger partial charge is 0.435 e. The zero-order chi connectivity index (χ0) is 13.0. The summed E-state index contributed by atoms with van der Waals surface area (Å²) in [6, 6.07) is 6.94. The lowest BCUT2D eigenvalue weighted by Gasteiger charge is -2.30. The second kappa shape index (κ2) is 6.00. The van der Waals surface area contributed by atoms with Gasteiger partial charge in [0.2, 0.25) is 0 Å². The summed E-state index contributed by atoms with van der Waals surface area (Å²) in [6.07, 6.45) is 0.955. The lowest BCUT2D eigenvalue weighted by molar-refractivity contribution is -0.0498. The smallest absolute Gasteiger partial charge is 0.387 e. The van der Waals surface area contributed by atoms with Gasteiger partial charge in [-0.15, -0.1) is 0 Å². The molecule has 100 valence electrons. The first-order valence-electron chi connectivity index (χ1n) is 6.04. The summed E-state index contributed by atoms with van der Waals surface area (Å²) in [4.78, 5) is 0. The van der Waals surface area contributed by atoms with Crippen molar-refractivity contribution in [2.75, 3.05) is 18.5 Å². The molecule has 3 nitrogen and oxygen atoms in total. The van der Waals surface area contributed by atoms with Crippen LogP contribution >= 0.6 is 0 Å². The zero-order valence-electron chi connectivity index (χ0n) is 10.2. The summed E-state index contributed by atoms with van der Waals surface area (Å²) >= 11 is 0. The summed E-state index contributed by atoms with van der Waals surface area (Å²) < 4.78 is 33.7. The fraction of sp³-hybridized carbons (Fsp3) is 0.538. The van der Waals surface area contributed by atoms with E-state index in [9.17, 15) is 8.78 Å². The maximum atomic E-state index is 12.0. The highest BCUT2D eigenvalue weighted by molar-refractivity contribution is 5.47. The zero-order valence-corrected chi connectivity index (χ0v) is 10.2. The number of rotatable bonds is 4. The highest BCUT2D eigenvalue weighted by atomic mass is 19.3. The molecule has 0 bridgehead atoms. The molecule has 0 spiro atoms. The molecule has 0 saturated carbocycles. The van der Waals surface area contributed by atoms with E-state index in [1.165, 1.54) is 0 Å². The van der Waals surface area contributed by atoms with Crippen molar-refractivity contribution in [1.29, 1.82) is 0 Å². The van der Waals surface area contributed by atoms with Crippen molar-refractivity contribution < 1.29 is 18.3 Å². The third-order valence-electron chi connectivity index (χ3n) is 3.07. The van der Waals surface area contributed by atoms with Gasteiger partial charge in [-0.25, -0.2) is 0 Å². The molecule has 1 N–H and O–H groups in total. The highest BCUT2D eigenvalue weighted by Crippen LogP contribution is 2.22. The Morgan fingerprint density at radius 2 is 2.06 bits per heavy atom. The van der Waals surface area contributed by atoms with E-state index in [0.29, 0.717) is 12.0 Å². The summed E-state index contributed by atoms with van der Waals surface area (Å²) in [5.74, 6) is 0.617. The molecule has 1 aromatic rings. The van der Waals surface area contributed by atoms with Crippen LogP contribution < -0.4 is 10.1 Å². The van der Waals surface area contributed by atoms with Crippen LogP contribution in [0.15, 0.2) is 24.3 Å². The summed E-state index contributed by atoms with van der Waals surface area (Å²) in [5, 5.41) is 3.39. The highest BCUT2D eigenvalue weighted by Gasteiger charge is 2.21. The van der Waals surface area contributed by atoms with Crippen LogP contribution in [0.2, 0.25) is 0 Å². The molecule has 0 aliphatic carbocycles. The van der Waals surface area contributed by atoms with Crippen molar-refractivity contribution >= 4 is 5.69 Å². The summed E-state index contributed by atoms with van der Waals surface area (Å²) in [6.45, 7) is 0.864. The summed E-state index contributed by atoms with van der Waals surface area (Å²) in [5.41, 5.74) is 0.912. The number of nitrogens with one attached hydrogen (secondary N) is 1. The molecule has 1 saturated heterocycles. The van der Waals surface area contributed by atoms with E-state index < -0.39 is 6.61 Å². The van der Waals surface area contributed by atoms with Crippen molar-refractivity contribution in [3.05, 3.63) is 24.3 Å². The van der Waals surface area contributed by atoms with E-state index in [0.717, 1.165) is 25.3 Å². The summed E-state index contributed by atoms with van der Waals surface area (Å²) in [7, 11) is 0. The van der Waals surface area contributed by atoms with Gasteiger partial charge in [-0.2, -0.15) is 8.78 Å². The number of anilines is 1. The number of alkyl halides is 2. The van der Waals surface area contributed by atoms with Crippen molar-refractivity contribution in [3.8, 4) is 5.75 Å². The maximum absolute atomic E-state index is 12.0. The van der Waals surface area contributed by atoms with Crippen molar-refractivity contribution in [3.63, 3.8) is 0 Å². The first-order chi connectivity index (χ1) is 8.65. The second-order valence-electron chi connectivity index (χ2n) is 4.49. The van der Waals surface area contributed by atoms with Crippen molar-refractivity contribution in [2.24, 2.45) is 5.92 Å². The van der Waals surface area contributed by atoms with Crippen molar-refractivity contribution in [2.45, 2.75) is 26.0 Å². The Labute approximate surface area is 105 Å². The molecule has 1 aromatic carbocycles. The molecule has 18 heavy (non-hydrogen) atoms. The lowest BCUT2D eigenvalue weighted by Crippen LogP contribution is -2.35. The topological polar surface area (TPSA) is 30.5 Å². The number of benzene rings is 1. The van der Waals surface area contributed by atoms with Gasteiger partial charge in [0, 0.05) is 18.3 Å². The van der Waals surface area contributed by atoms with Gasteiger partial charge < -0.3 is 14.8 Å². The molecule has 0 aromatic heterocycles. The molecule has 1 heterocycles. The third kappa shape index (κ3) is 3.57. The van der Waals surface area contributed by atoms with Gasteiger partial charge in [-0.3, -0.25) is 0 Å². The van der Waals surface area contributed by atoms with E-state index in [1.807, 2.05) is 0 Å². The van der Waals surface area contributed by atoms with Crippen molar-refractivity contribution in [1.82, 2.24) is 0 Å². The van der Waals surface area contributed by atoms with Gasteiger partial charge in [-0.1, -0.05) is 6.92 Å². The Hall–Kier alpha value is -1.36. The average Bonchev–Trinajstić information content (AvgIpc) is 2.34. The lowest BCUT2D eigenvalue weighted by atomic mass is 9.97. The Morgan fingerprint density at radius 1 is 1.33 bits per heavy atom. The number of halogens is 2. The monoisotopic (exact) mass is 257 g/mol. The number of hydrogen-bond donors (Lipinski definition) is 1. The molecule has 1 aliphatic heterocycles. The maximum Gasteiger partial charge on any atom is 0.387 e. The first kappa shape index (κ1) is 13.1. The predicted octanol–water partition coefficient (Wildman–Crippen LogP) is 3.12. The molecule has 2 rings (SSSR count). The Bertz CT molecular complexity index is 370. The minimum Gasteiger partial charge on any atom is -0.435 e. The molecule has 5 heteroatoms. The van der Waals surface area contributed by atoms with Gasteiger partial charge >= 0.3 is 6.61 Å². The molecule has 0 amide bonds.